The van der Waals surface area contributed by atoms with Gasteiger partial charge in [0.1, 0.15) is 11.6 Å². The van der Waals surface area contributed by atoms with E-state index in [1.807, 2.05) is 36.5 Å². The first kappa shape index (κ1) is 15.2. The minimum absolute atomic E-state index is 0.171. The molecule has 3 aromatic rings. The SMILES string of the molecule is Fc1ccc([C@@H]2CCCC[C@H]2COc2ccc3[nH]ncc3c2)cc1. The monoisotopic (exact) mass is 324 g/mol. The molecule has 1 fully saturated rings. The number of benzene rings is 2. The van der Waals surface area contributed by atoms with E-state index in [-0.39, 0.29) is 5.82 Å². The van der Waals surface area contributed by atoms with Gasteiger partial charge in [0, 0.05) is 5.39 Å². The van der Waals surface area contributed by atoms with Gasteiger partial charge in [-0.25, -0.2) is 4.39 Å². The van der Waals surface area contributed by atoms with Crippen LogP contribution < -0.4 is 4.74 Å². The summed E-state index contributed by atoms with van der Waals surface area (Å²) in [5, 5.41) is 8.05. The van der Waals surface area contributed by atoms with Crippen LogP contribution in [0.15, 0.2) is 48.7 Å². The third-order valence-electron chi connectivity index (χ3n) is 5.08. The molecular formula is C20H21FN2O. The summed E-state index contributed by atoms with van der Waals surface area (Å²) >= 11 is 0. The Morgan fingerprint density at radius 1 is 1.08 bits per heavy atom. The maximum absolute atomic E-state index is 13.2. The molecule has 0 spiro atoms. The van der Waals surface area contributed by atoms with Crippen molar-refractivity contribution in [2.75, 3.05) is 6.61 Å². The molecule has 1 N–H and O–H groups in total. The van der Waals surface area contributed by atoms with Crippen molar-refractivity contribution in [2.24, 2.45) is 5.92 Å². The fourth-order valence-corrected chi connectivity index (χ4v) is 3.77. The van der Waals surface area contributed by atoms with Crippen LogP contribution in [-0.4, -0.2) is 16.8 Å². The first-order valence-corrected chi connectivity index (χ1v) is 8.61. The average Bonchev–Trinajstić information content (AvgIpc) is 3.09. The summed E-state index contributed by atoms with van der Waals surface area (Å²) < 4.78 is 19.3. The number of fused-ring (bicyclic) bond motifs is 1. The molecule has 4 heteroatoms. The molecule has 24 heavy (non-hydrogen) atoms. The molecule has 0 radical (unpaired) electrons. The number of ether oxygens (including phenoxy) is 1. The van der Waals surface area contributed by atoms with Crippen LogP contribution in [0.2, 0.25) is 0 Å². The quantitative estimate of drug-likeness (QED) is 0.729. The molecule has 124 valence electrons. The van der Waals surface area contributed by atoms with Crippen LogP contribution in [0.5, 0.6) is 5.75 Å². The predicted octanol–water partition coefficient (Wildman–Crippen LogP) is 5.05. The van der Waals surface area contributed by atoms with E-state index in [1.54, 1.807) is 12.1 Å². The number of hydrogen-bond acceptors (Lipinski definition) is 2. The van der Waals surface area contributed by atoms with Crippen molar-refractivity contribution in [3.63, 3.8) is 0 Å². The molecule has 0 aliphatic heterocycles. The fraction of sp³-hybridized carbons (Fsp3) is 0.350. The second-order valence-corrected chi connectivity index (χ2v) is 6.63. The Bertz CT molecular complexity index is 812. The number of aromatic nitrogens is 2. The Morgan fingerprint density at radius 3 is 2.79 bits per heavy atom. The number of aromatic amines is 1. The predicted molar refractivity (Wildman–Crippen MR) is 92.7 cm³/mol. The molecule has 1 aliphatic carbocycles. The van der Waals surface area contributed by atoms with Gasteiger partial charge in [0.2, 0.25) is 0 Å². The molecule has 0 unspecified atom stereocenters. The third-order valence-corrected chi connectivity index (χ3v) is 5.08. The van der Waals surface area contributed by atoms with Crippen molar-refractivity contribution >= 4 is 10.9 Å². The zero-order valence-electron chi connectivity index (χ0n) is 13.5. The highest BCUT2D eigenvalue weighted by Gasteiger charge is 2.27. The van der Waals surface area contributed by atoms with Crippen molar-refractivity contribution in [3.8, 4) is 5.75 Å². The number of halogens is 1. The van der Waals surface area contributed by atoms with Crippen molar-refractivity contribution < 1.29 is 9.13 Å². The van der Waals surface area contributed by atoms with E-state index in [4.69, 9.17) is 4.74 Å². The second kappa shape index (κ2) is 6.63. The Labute approximate surface area is 140 Å². The lowest BCUT2D eigenvalue weighted by Gasteiger charge is -2.31. The van der Waals surface area contributed by atoms with Gasteiger partial charge in [0.05, 0.1) is 18.3 Å². The van der Waals surface area contributed by atoms with Crippen LogP contribution in [0.1, 0.15) is 37.2 Å². The Morgan fingerprint density at radius 2 is 1.92 bits per heavy atom. The number of H-pyrrole nitrogens is 1. The Hall–Kier alpha value is -2.36. The summed E-state index contributed by atoms with van der Waals surface area (Å²) in [6.07, 6.45) is 6.60. The van der Waals surface area contributed by atoms with Gasteiger partial charge in [-0.1, -0.05) is 25.0 Å². The second-order valence-electron chi connectivity index (χ2n) is 6.63. The Balaban J connectivity index is 1.47. The minimum Gasteiger partial charge on any atom is -0.493 e. The highest BCUT2D eigenvalue weighted by molar-refractivity contribution is 5.79. The summed E-state index contributed by atoms with van der Waals surface area (Å²) in [4.78, 5) is 0. The molecule has 0 bridgehead atoms. The summed E-state index contributed by atoms with van der Waals surface area (Å²) in [6, 6.07) is 13.0. The summed E-state index contributed by atoms with van der Waals surface area (Å²) in [5.41, 5.74) is 2.25. The number of rotatable bonds is 4. The summed E-state index contributed by atoms with van der Waals surface area (Å²) in [5.74, 6) is 1.64. The lowest BCUT2D eigenvalue weighted by atomic mass is 9.76. The summed E-state index contributed by atoms with van der Waals surface area (Å²) in [6.45, 7) is 0.700. The van der Waals surface area contributed by atoms with E-state index in [2.05, 4.69) is 10.2 Å². The number of nitrogens with zero attached hydrogens (tertiary/aromatic N) is 1. The minimum atomic E-state index is -0.171. The molecule has 1 aromatic heterocycles. The van der Waals surface area contributed by atoms with Gasteiger partial charge in [-0.15, -0.1) is 0 Å². The molecule has 2 aromatic carbocycles. The van der Waals surface area contributed by atoms with Crippen molar-refractivity contribution in [1.82, 2.24) is 10.2 Å². The molecule has 0 amide bonds. The van der Waals surface area contributed by atoms with Crippen LogP contribution in [0, 0.1) is 11.7 Å². The fourth-order valence-electron chi connectivity index (χ4n) is 3.77. The average molecular weight is 324 g/mol. The molecule has 3 nitrogen and oxygen atoms in total. The maximum atomic E-state index is 13.2. The summed E-state index contributed by atoms with van der Waals surface area (Å²) in [7, 11) is 0. The Kier molecular flexibility index (Phi) is 4.20. The van der Waals surface area contributed by atoms with Crippen LogP contribution in [0.3, 0.4) is 0 Å². The van der Waals surface area contributed by atoms with Gasteiger partial charge in [-0.3, -0.25) is 5.10 Å². The van der Waals surface area contributed by atoms with Crippen molar-refractivity contribution in [2.45, 2.75) is 31.6 Å². The largest absolute Gasteiger partial charge is 0.493 e. The van der Waals surface area contributed by atoms with E-state index in [1.165, 1.54) is 18.4 Å². The lowest BCUT2D eigenvalue weighted by Crippen LogP contribution is -2.24. The van der Waals surface area contributed by atoms with E-state index >= 15 is 0 Å². The van der Waals surface area contributed by atoms with Gasteiger partial charge in [0.25, 0.3) is 0 Å². The first-order valence-electron chi connectivity index (χ1n) is 8.61. The molecule has 1 heterocycles. The van der Waals surface area contributed by atoms with Crippen molar-refractivity contribution in [3.05, 3.63) is 60.0 Å². The van der Waals surface area contributed by atoms with Crippen LogP contribution in [0.4, 0.5) is 4.39 Å². The molecule has 4 rings (SSSR count). The van der Waals surface area contributed by atoms with E-state index in [9.17, 15) is 4.39 Å². The first-order chi connectivity index (χ1) is 11.8. The lowest BCUT2D eigenvalue weighted by molar-refractivity contribution is 0.186. The van der Waals surface area contributed by atoms with Gasteiger partial charge in [0.15, 0.2) is 0 Å². The zero-order valence-corrected chi connectivity index (χ0v) is 13.5. The molecule has 1 saturated carbocycles. The highest BCUT2D eigenvalue weighted by atomic mass is 19.1. The van der Waals surface area contributed by atoms with Gasteiger partial charge in [-0.2, -0.15) is 5.10 Å². The van der Waals surface area contributed by atoms with E-state index in [0.717, 1.165) is 29.5 Å². The smallest absolute Gasteiger partial charge is 0.123 e. The van der Waals surface area contributed by atoms with Gasteiger partial charge < -0.3 is 4.74 Å². The third kappa shape index (κ3) is 3.14. The topological polar surface area (TPSA) is 37.9 Å². The molecule has 0 saturated heterocycles. The van der Waals surface area contributed by atoms with Crippen LogP contribution in [0.25, 0.3) is 10.9 Å². The standard InChI is InChI=1S/C20H21FN2O/c21-17-7-5-14(6-8-17)19-4-2-1-3-15(19)13-24-18-9-10-20-16(11-18)12-22-23-20/h5-12,15,19H,1-4,13H2,(H,22,23)/t15-,19-/m0/s1. The number of hydrogen-bond donors (Lipinski definition) is 1. The zero-order chi connectivity index (χ0) is 16.4. The molecule has 1 aliphatic rings. The highest BCUT2D eigenvalue weighted by Crippen LogP contribution is 2.38. The van der Waals surface area contributed by atoms with Crippen molar-refractivity contribution in [1.29, 1.82) is 0 Å². The van der Waals surface area contributed by atoms with Crippen LogP contribution >= 0.6 is 0 Å². The molecular weight excluding hydrogens is 303 g/mol. The normalized spacial score (nSPS) is 21.0. The maximum Gasteiger partial charge on any atom is 0.123 e. The van der Waals surface area contributed by atoms with E-state index < -0.39 is 0 Å². The molecule has 2 atom stereocenters. The van der Waals surface area contributed by atoms with Crippen LogP contribution in [-0.2, 0) is 0 Å². The van der Waals surface area contributed by atoms with Gasteiger partial charge >= 0.3 is 0 Å². The van der Waals surface area contributed by atoms with Gasteiger partial charge in [-0.05, 0) is 60.6 Å². The number of nitrogens with one attached hydrogen (secondary N) is 1. The van der Waals surface area contributed by atoms with E-state index in [0.29, 0.717) is 18.4 Å².